The van der Waals surface area contributed by atoms with Crippen LogP contribution in [0.3, 0.4) is 0 Å². The molecule has 0 aromatic carbocycles. The zero-order valence-electron chi connectivity index (χ0n) is 8.44. The summed E-state index contributed by atoms with van der Waals surface area (Å²) in [6.07, 6.45) is 3.50. The molecule has 2 fully saturated rings. The highest BCUT2D eigenvalue weighted by Gasteiger charge is 2.36. The van der Waals surface area contributed by atoms with Gasteiger partial charge in [-0.15, -0.1) is 0 Å². The van der Waals surface area contributed by atoms with Gasteiger partial charge in [0.15, 0.2) is 0 Å². The molecule has 3 nitrogen and oxygen atoms in total. The summed E-state index contributed by atoms with van der Waals surface area (Å²) in [7, 11) is 0. The largest absolute Gasteiger partial charge is 0.372 e. The van der Waals surface area contributed by atoms with E-state index in [4.69, 9.17) is 4.74 Å². The first-order valence-electron chi connectivity index (χ1n) is 5.43. The molecule has 0 aromatic heterocycles. The molecule has 0 radical (unpaired) electrons. The fourth-order valence-corrected chi connectivity index (χ4v) is 2.18. The van der Waals surface area contributed by atoms with Crippen molar-refractivity contribution < 1.29 is 4.74 Å². The van der Waals surface area contributed by atoms with E-state index in [1.54, 1.807) is 0 Å². The van der Waals surface area contributed by atoms with Crippen molar-refractivity contribution in [3.8, 4) is 0 Å². The topological polar surface area (TPSA) is 33.3 Å². The molecule has 0 amide bonds. The summed E-state index contributed by atoms with van der Waals surface area (Å²) < 4.78 is 6.01. The van der Waals surface area contributed by atoms with E-state index >= 15 is 0 Å². The summed E-state index contributed by atoms with van der Waals surface area (Å²) in [5.41, 5.74) is 0.164. The highest BCUT2D eigenvalue weighted by molar-refractivity contribution is 4.92. The predicted octanol–water partition coefficient (Wildman–Crippen LogP) is 0.507. The molecule has 2 rings (SSSR count). The Balaban J connectivity index is 1.87. The van der Waals surface area contributed by atoms with E-state index in [1.165, 1.54) is 6.42 Å². The molecule has 1 unspecified atom stereocenters. The first-order chi connectivity index (χ1) is 6.35. The molecule has 0 bridgehead atoms. The number of nitrogens with one attached hydrogen (secondary N) is 2. The van der Waals surface area contributed by atoms with Crippen molar-refractivity contribution in [2.75, 3.05) is 26.2 Å². The Kier molecular flexibility index (Phi) is 2.86. The fraction of sp³-hybridized carbons (Fsp3) is 1.00. The monoisotopic (exact) mass is 184 g/mol. The minimum Gasteiger partial charge on any atom is -0.372 e. The standard InChI is InChI=1S/C10H20N2O/c1-2-9-7-13-10(8-12-9)3-5-11-6-4-10/h9,11-12H,2-8H2,1H3. The van der Waals surface area contributed by atoms with E-state index in [1.807, 2.05) is 0 Å². The zero-order valence-corrected chi connectivity index (χ0v) is 8.44. The maximum absolute atomic E-state index is 6.01. The molecule has 1 spiro atoms. The summed E-state index contributed by atoms with van der Waals surface area (Å²) in [6, 6.07) is 0.584. The second kappa shape index (κ2) is 3.95. The second-order valence-electron chi connectivity index (χ2n) is 4.23. The summed E-state index contributed by atoms with van der Waals surface area (Å²) in [5, 5.41) is 6.95. The molecule has 0 aliphatic carbocycles. The SMILES string of the molecule is CCC1COC2(CCNCC2)CN1. The second-order valence-corrected chi connectivity index (χ2v) is 4.23. The minimum atomic E-state index is 0.164. The molecule has 0 saturated carbocycles. The van der Waals surface area contributed by atoms with Crippen LogP contribution in [0.25, 0.3) is 0 Å². The van der Waals surface area contributed by atoms with Crippen molar-refractivity contribution in [3.63, 3.8) is 0 Å². The molecule has 1 atom stereocenters. The van der Waals surface area contributed by atoms with Gasteiger partial charge in [-0.1, -0.05) is 6.92 Å². The van der Waals surface area contributed by atoms with Crippen LogP contribution < -0.4 is 10.6 Å². The first kappa shape index (κ1) is 9.44. The van der Waals surface area contributed by atoms with E-state index in [2.05, 4.69) is 17.6 Å². The summed E-state index contributed by atoms with van der Waals surface area (Å²) in [4.78, 5) is 0. The lowest BCUT2D eigenvalue weighted by molar-refractivity contribution is -0.0992. The van der Waals surface area contributed by atoms with Gasteiger partial charge in [0.1, 0.15) is 0 Å². The number of hydrogen-bond donors (Lipinski definition) is 2. The highest BCUT2D eigenvalue weighted by Crippen LogP contribution is 2.25. The van der Waals surface area contributed by atoms with Crippen molar-refractivity contribution in [1.82, 2.24) is 10.6 Å². The molecule has 2 heterocycles. The molecule has 2 N–H and O–H groups in total. The Hall–Kier alpha value is -0.120. The van der Waals surface area contributed by atoms with E-state index in [9.17, 15) is 0 Å². The van der Waals surface area contributed by atoms with Crippen LogP contribution >= 0.6 is 0 Å². The molecular weight excluding hydrogens is 164 g/mol. The number of hydrogen-bond acceptors (Lipinski definition) is 3. The number of ether oxygens (including phenoxy) is 1. The van der Waals surface area contributed by atoms with Gasteiger partial charge in [0.25, 0.3) is 0 Å². The highest BCUT2D eigenvalue weighted by atomic mass is 16.5. The van der Waals surface area contributed by atoms with Crippen LogP contribution in [0.4, 0.5) is 0 Å². The van der Waals surface area contributed by atoms with Crippen LogP contribution in [0.15, 0.2) is 0 Å². The lowest BCUT2D eigenvalue weighted by Crippen LogP contribution is -2.58. The predicted molar refractivity (Wildman–Crippen MR) is 52.9 cm³/mol. The van der Waals surface area contributed by atoms with E-state index in [0.717, 1.165) is 39.1 Å². The van der Waals surface area contributed by atoms with Gasteiger partial charge < -0.3 is 15.4 Å². The Bertz CT molecular complexity index is 156. The molecule has 13 heavy (non-hydrogen) atoms. The minimum absolute atomic E-state index is 0.164. The van der Waals surface area contributed by atoms with Gasteiger partial charge in [0.05, 0.1) is 12.2 Å². The molecule has 0 aromatic rings. The van der Waals surface area contributed by atoms with Gasteiger partial charge in [0.2, 0.25) is 0 Å². The van der Waals surface area contributed by atoms with Gasteiger partial charge in [-0.05, 0) is 32.4 Å². The van der Waals surface area contributed by atoms with Crippen LogP contribution in [0, 0.1) is 0 Å². The Morgan fingerprint density at radius 3 is 2.69 bits per heavy atom. The van der Waals surface area contributed by atoms with E-state index in [-0.39, 0.29) is 5.60 Å². The normalized spacial score (nSPS) is 33.5. The maximum Gasteiger partial charge on any atom is 0.0831 e. The van der Waals surface area contributed by atoms with Crippen molar-refractivity contribution >= 4 is 0 Å². The van der Waals surface area contributed by atoms with Crippen LogP contribution in [0.2, 0.25) is 0 Å². The molecule has 3 heteroatoms. The fourth-order valence-electron chi connectivity index (χ4n) is 2.18. The Morgan fingerprint density at radius 1 is 1.38 bits per heavy atom. The number of piperidine rings is 1. The van der Waals surface area contributed by atoms with Crippen LogP contribution in [-0.4, -0.2) is 37.9 Å². The number of morpholine rings is 1. The van der Waals surface area contributed by atoms with Crippen molar-refractivity contribution in [2.24, 2.45) is 0 Å². The first-order valence-corrected chi connectivity index (χ1v) is 5.43. The van der Waals surface area contributed by atoms with E-state index in [0.29, 0.717) is 6.04 Å². The van der Waals surface area contributed by atoms with Gasteiger partial charge >= 0.3 is 0 Å². The van der Waals surface area contributed by atoms with Crippen molar-refractivity contribution in [3.05, 3.63) is 0 Å². The Morgan fingerprint density at radius 2 is 2.15 bits per heavy atom. The summed E-state index contributed by atoms with van der Waals surface area (Å²) >= 11 is 0. The molecule has 76 valence electrons. The number of rotatable bonds is 1. The molecule has 2 saturated heterocycles. The van der Waals surface area contributed by atoms with Crippen LogP contribution in [-0.2, 0) is 4.74 Å². The lowest BCUT2D eigenvalue weighted by atomic mass is 9.90. The summed E-state index contributed by atoms with van der Waals surface area (Å²) in [5.74, 6) is 0. The van der Waals surface area contributed by atoms with Gasteiger partial charge in [-0.3, -0.25) is 0 Å². The average Bonchev–Trinajstić information content (AvgIpc) is 2.20. The van der Waals surface area contributed by atoms with Gasteiger partial charge in [0, 0.05) is 12.6 Å². The third-order valence-corrected chi connectivity index (χ3v) is 3.31. The van der Waals surface area contributed by atoms with Crippen molar-refractivity contribution in [2.45, 2.75) is 37.8 Å². The van der Waals surface area contributed by atoms with Crippen LogP contribution in [0.1, 0.15) is 26.2 Å². The molecule has 2 aliphatic heterocycles. The quantitative estimate of drug-likeness (QED) is 0.623. The summed E-state index contributed by atoms with van der Waals surface area (Å²) in [6.45, 7) is 6.38. The molecular formula is C10H20N2O. The molecule has 2 aliphatic rings. The third kappa shape index (κ3) is 2.03. The van der Waals surface area contributed by atoms with Gasteiger partial charge in [-0.2, -0.15) is 0 Å². The van der Waals surface area contributed by atoms with Crippen molar-refractivity contribution in [1.29, 1.82) is 0 Å². The van der Waals surface area contributed by atoms with Crippen LogP contribution in [0.5, 0.6) is 0 Å². The van der Waals surface area contributed by atoms with Gasteiger partial charge in [-0.25, -0.2) is 0 Å². The van der Waals surface area contributed by atoms with E-state index < -0.39 is 0 Å². The average molecular weight is 184 g/mol. The maximum atomic E-state index is 6.01. The smallest absolute Gasteiger partial charge is 0.0831 e. The Labute approximate surface area is 80.2 Å². The lowest BCUT2D eigenvalue weighted by Gasteiger charge is -2.43. The zero-order chi connectivity index (χ0) is 9.15. The third-order valence-electron chi connectivity index (χ3n) is 3.31.